The highest BCUT2D eigenvalue weighted by molar-refractivity contribution is 14.0. The topological polar surface area (TPSA) is 49.3 Å². The zero-order valence-electron chi connectivity index (χ0n) is 17.4. The van der Waals surface area contributed by atoms with Gasteiger partial charge in [0.2, 0.25) is 0 Å². The van der Waals surface area contributed by atoms with Gasteiger partial charge in [-0.25, -0.2) is 0 Å². The van der Waals surface area contributed by atoms with E-state index >= 15 is 0 Å². The molecule has 0 aromatic heterocycles. The van der Waals surface area contributed by atoms with Crippen LogP contribution in [0.15, 0.2) is 53.5 Å². The normalized spacial score (nSPS) is 14.4. The molecule has 7 heteroatoms. The van der Waals surface area contributed by atoms with Crippen molar-refractivity contribution < 1.29 is 9.47 Å². The Morgan fingerprint density at radius 3 is 2.10 bits per heavy atom. The minimum atomic E-state index is 0. The summed E-state index contributed by atoms with van der Waals surface area (Å²) in [6.07, 6.45) is 0. The molecule has 1 saturated heterocycles. The number of methoxy groups -OCH3 is 2. The van der Waals surface area contributed by atoms with Crippen LogP contribution >= 0.6 is 24.0 Å². The Morgan fingerprint density at radius 1 is 0.931 bits per heavy atom. The van der Waals surface area contributed by atoms with Crippen molar-refractivity contribution in [2.75, 3.05) is 52.3 Å². The van der Waals surface area contributed by atoms with Crippen LogP contribution < -0.4 is 15.0 Å². The lowest BCUT2D eigenvalue weighted by Gasteiger charge is -2.37. The molecule has 0 spiro atoms. The molecule has 1 fully saturated rings. The highest BCUT2D eigenvalue weighted by Crippen LogP contribution is 2.20. The standard InChI is InChI=1S/C22H30N4O2.HI/c1-23-22(24-16-18-4-6-19(7-5-18)17-27-2)26-14-12-25(13-15-26)20-8-10-21(28-3)11-9-20;/h4-11H,12-17H2,1-3H3,(H,23,24);1H. The average molecular weight is 510 g/mol. The summed E-state index contributed by atoms with van der Waals surface area (Å²) in [5, 5.41) is 3.49. The Hall–Kier alpha value is -2.00. The van der Waals surface area contributed by atoms with E-state index in [0.29, 0.717) is 6.61 Å². The van der Waals surface area contributed by atoms with Gasteiger partial charge in [0.05, 0.1) is 13.7 Å². The molecule has 0 atom stereocenters. The zero-order chi connectivity index (χ0) is 19.8. The van der Waals surface area contributed by atoms with E-state index in [0.717, 1.165) is 44.4 Å². The predicted octanol–water partition coefficient (Wildman–Crippen LogP) is 3.36. The largest absolute Gasteiger partial charge is 0.497 e. The number of anilines is 1. The Kier molecular flexibility index (Phi) is 9.53. The molecule has 29 heavy (non-hydrogen) atoms. The van der Waals surface area contributed by atoms with Crippen LogP contribution in [0, 0.1) is 0 Å². The van der Waals surface area contributed by atoms with Crippen molar-refractivity contribution in [3.63, 3.8) is 0 Å². The van der Waals surface area contributed by atoms with E-state index in [-0.39, 0.29) is 24.0 Å². The second-order valence-electron chi connectivity index (χ2n) is 6.82. The second-order valence-corrected chi connectivity index (χ2v) is 6.82. The lowest BCUT2D eigenvalue weighted by Crippen LogP contribution is -2.52. The number of benzene rings is 2. The third-order valence-electron chi connectivity index (χ3n) is 5.01. The molecule has 0 aliphatic carbocycles. The molecule has 0 unspecified atom stereocenters. The van der Waals surface area contributed by atoms with E-state index in [1.54, 1.807) is 14.2 Å². The predicted molar refractivity (Wildman–Crippen MR) is 130 cm³/mol. The van der Waals surface area contributed by atoms with Crippen molar-refractivity contribution in [1.82, 2.24) is 10.2 Å². The fourth-order valence-electron chi connectivity index (χ4n) is 3.40. The summed E-state index contributed by atoms with van der Waals surface area (Å²) in [5.74, 6) is 1.84. The molecule has 1 heterocycles. The van der Waals surface area contributed by atoms with Gasteiger partial charge in [-0.15, -0.1) is 24.0 Å². The highest BCUT2D eigenvalue weighted by atomic mass is 127. The summed E-state index contributed by atoms with van der Waals surface area (Å²) in [5.41, 5.74) is 3.66. The van der Waals surface area contributed by atoms with Gasteiger partial charge >= 0.3 is 0 Å². The van der Waals surface area contributed by atoms with Crippen molar-refractivity contribution in [2.24, 2.45) is 4.99 Å². The van der Waals surface area contributed by atoms with Crippen molar-refractivity contribution in [3.8, 4) is 5.75 Å². The summed E-state index contributed by atoms with van der Waals surface area (Å²) in [7, 11) is 5.26. The molecule has 2 aromatic carbocycles. The van der Waals surface area contributed by atoms with Crippen molar-refractivity contribution >= 4 is 35.6 Å². The molecule has 3 rings (SSSR count). The number of nitrogens with zero attached hydrogens (tertiary/aromatic N) is 3. The van der Waals surface area contributed by atoms with Crippen LogP contribution in [0.5, 0.6) is 5.75 Å². The average Bonchev–Trinajstić information content (AvgIpc) is 2.76. The summed E-state index contributed by atoms with van der Waals surface area (Å²) in [6, 6.07) is 16.8. The van der Waals surface area contributed by atoms with E-state index in [2.05, 4.69) is 56.5 Å². The van der Waals surface area contributed by atoms with E-state index in [4.69, 9.17) is 9.47 Å². The number of halogens is 1. The Bertz CT molecular complexity index is 757. The first-order valence-electron chi connectivity index (χ1n) is 9.65. The number of aliphatic imine (C=N–C) groups is 1. The maximum absolute atomic E-state index is 5.24. The number of hydrogen-bond acceptors (Lipinski definition) is 4. The van der Waals surface area contributed by atoms with Crippen molar-refractivity contribution in [1.29, 1.82) is 0 Å². The Balaban J connectivity index is 0.00000300. The van der Waals surface area contributed by atoms with E-state index in [1.807, 2.05) is 19.2 Å². The number of hydrogen-bond donors (Lipinski definition) is 1. The lowest BCUT2D eigenvalue weighted by molar-refractivity contribution is 0.185. The molecule has 2 aromatic rings. The van der Waals surface area contributed by atoms with E-state index < -0.39 is 0 Å². The van der Waals surface area contributed by atoms with Gasteiger partial charge in [0.1, 0.15) is 5.75 Å². The maximum Gasteiger partial charge on any atom is 0.194 e. The quantitative estimate of drug-likeness (QED) is 0.367. The molecular weight excluding hydrogens is 479 g/mol. The molecule has 0 radical (unpaired) electrons. The van der Waals surface area contributed by atoms with Crippen LogP contribution in [0.1, 0.15) is 11.1 Å². The summed E-state index contributed by atoms with van der Waals surface area (Å²) < 4.78 is 10.4. The lowest BCUT2D eigenvalue weighted by atomic mass is 10.1. The van der Waals surface area contributed by atoms with Crippen LogP contribution in [0.3, 0.4) is 0 Å². The van der Waals surface area contributed by atoms with Gasteiger partial charge < -0.3 is 24.6 Å². The van der Waals surface area contributed by atoms with Crippen LogP contribution in [-0.4, -0.2) is 58.3 Å². The smallest absolute Gasteiger partial charge is 0.194 e. The fraction of sp³-hybridized carbons (Fsp3) is 0.409. The maximum atomic E-state index is 5.24. The van der Waals surface area contributed by atoms with Crippen molar-refractivity contribution in [3.05, 3.63) is 59.7 Å². The minimum Gasteiger partial charge on any atom is -0.497 e. The summed E-state index contributed by atoms with van der Waals surface area (Å²) in [4.78, 5) is 9.19. The van der Waals surface area contributed by atoms with Gasteiger partial charge in [-0.2, -0.15) is 0 Å². The fourth-order valence-corrected chi connectivity index (χ4v) is 3.40. The molecule has 1 aliphatic rings. The van der Waals surface area contributed by atoms with Crippen LogP contribution in [0.2, 0.25) is 0 Å². The molecule has 0 amide bonds. The van der Waals surface area contributed by atoms with E-state index in [1.165, 1.54) is 16.8 Å². The first kappa shape index (κ1) is 23.3. The van der Waals surface area contributed by atoms with Gasteiger partial charge in [0.25, 0.3) is 0 Å². The highest BCUT2D eigenvalue weighted by Gasteiger charge is 2.19. The van der Waals surface area contributed by atoms with Gasteiger partial charge in [-0.1, -0.05) is 24.3 Å². The summed E-state index contributed by atoms with van der Waals surface area (Å²) in [6.45, 7) is 5.24. The van der Waals surface area contributed by atoms with Crippen LogP contribution in [-0.2, 0) is 17.9 Å². The SMILES string of the molecule is CN=C(NCc1ccc(COC)cc1)N1CCN(c2ccc(OC)cc2)CC1.I. The second kappa shape index (κ2) is 11.9. The first-order valence-corrected chi connectivity index (χ1v) is 9.65. The number of ether oxygens (including phenoxy) is 2. The van der Waals surface area contributed by atoms with Gasteiger partial charge in [0, 0.05) is 52.6 Å². The molecule has 0 saturated carbocycles. The van der Waals surface area contributed by atoms with Gasteiger partial charge in [0.15, 0.2) is 5.96 Å². The molecule has 0 bridgehead atoms. The Labute approximate surface area is 190 Å². The minimum absolute atomic E-state index is 0. The number of rotatable bonds is 6. The third-order valence-corrected chi connectivity index (χ3v) is 5.01. The van der Waals surface area contributed by atoms with Crippen LogP contribution in [0.25, 0.3) is 0 Å². The molecule has 158 valence electrons. The van der Waals surface area contributed by atoms with E-state index in [9.17, 15) is 0 Å². The van der Waals surface area contributed by atoms with Gasteiger partial charge in [-0.05, 0) is 35.4 Å². The molecular formula is C22H31IN4O2. The van der Waals surface area contributed by atoms with Crippen molar-refractivity contribution in [2.45, 2.75) is 13.2 Å². The number of nitrogens with one attached hydrogen (secondary N) is 1. The molecule has 6 nitrogen and oxygen atoms in total. The van der Waals surface area contributed by atoms with Crippen LogP contribution in [0.4, 0.5) is 5.69 Å². The number of piperazine rings is 1. The molecule has 1 aliphatic heterocycles. The summed E-state index contributed by atoms with van der Waals surface area (Å²) >= 11 is 0. The third kappa shape index (κ3) is 6.50. The number of guanidine groups is 1. The molecule has 1 N–H and O–H groups in total. The zero-order valence-corrected chi connectivity index (χ0v) is 19.8. The Morgan fingerprint density at radius 2 is 1.55 bits per heavy atom. The monoisotopic (exact) mass is 510 g/mol. The first-order chi connectivity index (χ1) is 13.7. The van der Waals surface area contributed by atoms with Gasteiger partial charge in [-0.3, -0.25) is 4.99 Å².